The molecular formula is C13H16ClNO3. The number of hydrogen-bond acceptors (Lipinski definition) is 3. The minimum absolute atomic E-state index is 0.0610. The molecule has 0 N–H and O–H groups in total. The second-order valence-electron chi connectivity index (χ2n) is 4.23. The van der Waals surface area contributed by atoms with Crippen LogP contribution in [-0.2, 0) is 11.2 Å². The molecule has 0 aliphatic carbocycles. The van der Waals surface area contributed by atoms with Gasteiger partial charge in [-0.15, -0.1) is 11.6 Å². The van der Waals surface area contributed by atoms with Gasteiger partial charge < -0.3 is 0 Å². The van der Waals surface area contributed by atoms with Gasteiger partial charge >= 0.3 is 0 Å². The zero-order valence-corrected chi connectivity index (χ0v) is 11.1. The summed E-state index contributed by atoms with van der Waals surface area (Å²) in [6, 6.07) is 4.60. The van der Waals surface area contributed by atoms with Crippen molar-refractivity contribution in [2.75, 3.05) is 5.88 Å². The molecule has 0 aliphatic heterocycles. The number of carbonyl (C=O) groups is 1. The van der Waals surface area contributed by atoms with Crippen molar-refractivity contribution in [1.29, 1.82) is 0 Å². The third-order valence-corrected chi connectivity index (χ3v) is 3.03. The van der Waals surface area contributed by atoms with Crippen molar-refractivity contribution in [3.63, 3.8) is 0 Å². The molecule has 0 atom stereocenters. The lowest BCUT2D eigenvalue weighted by Gasteiger charge is -2.05. The minimum Gasteiger partial charge on any atom is -0.299 e. The van der Waals surface area contributed by atoms with Crippen LogP contribution < -0.4 is 0 Å². The molecule has 0 aromatic heterocycles. The van der Waals surface area contributed by atoms with E-state index in [9.17, 15) is 14.9 Å². The van der Waals surface area contributed by atoms with Gasteiger partial charge in [0.2, 0.25) is 0 Å². The van der Waals surface area contributed by atoms with Gasteiger partial charge in [0.15, 0.2) is 0 Å². The lowest BCUT2D eigenvalue weighted by Crippen LogP contribution is -2.04. The summed E-state index contributed by atoms with van der Waals surface area (Å²) >= 11 is 5.54. The van der Waals surface area contributed by atoms with E-state index in [0.717, 1.165) is 24.0 Å². The molecule has 0 radical (unpaired) electrons. The zero-order valence-electron chi connectivity index (χ0n) is 10.3. The van der Waals surface area contributed by atoms with Crippen LogP contribution in [0.5, 0.6) is 0 Å². The Morgan fingerprint density at radius 3 is 2.67 bits per heavy atom. The molecule has 0 fully saturated rings. The van der Waals surface area contributed by atoms with E-state index >= 15 is 0 Å². The van der Waals surface area contributed by atoms with Gasteiger partial charge in [-0.25, -0.2) is 0 Å². The highest BCUT2D eigenvalue weighted by Gasteiger charge is 2.10. The van der Waals surface area contributed by atoms with Crippen molar-refractivity contribution in [3.05, 3.63) is 39.4 Å². The summed E-state index contributed by atoms with van der Waals surface area (Å²) in [7, 11) is 0. The maximum absolute atomic E-state index is 11.7. The van der Waals surface area contributed by atoms with Crippen molar-refractivity contribution >= 4 is 23.1 Å². The second kappa shape index (κ2) is 7.11. The van der Waals surface area contributed by atoms with E-state index in [2.05, 4.69) is 0 Å². The molecule has 5 heteroatoms. The van der Waals surface area contributed by atoms with Crippen LogP contribution in [0.25, 0.3) is 0 Å². The monoisotopic (exact) mass is 269 g/mol. The summed E-state index contributed by atoms with van der Waals surface area (Å²) in [6.07, 6.45) is 2.50. The number of benzene rings is 1. The molecule has 0 aliphatic rings. The largest absolute Gasteiger partial charge is 0.299 e. The fourth-order valence-electron chi connectivity index (χ4n) is 1.71. The quantitative estimate of drug-likeness (QED) is 0.330. The molecule has 0 heterocycles. The van der Waals surface area contributed by atoms with Crippen LogP contribution in [0.15, 0.2) is 18.2 Å². The van der Waals surface area contributed by atoms with E-state index in [1.165, 1.54) is 12.1 Å². The summed E-state index contributed by atoms with van der Waals surface area (Å²) in [5.41, 5.74) is 1.71. The number of ketones is 1. The SMILES string of the molecule is Cc1cc([N+](=O)[O-])ccc1CC(=O)CCCCCl. The molecule has 0 unspecified atom stereocenters. The molecule has 18 heavy (non-hydrogen) atoms. The Hall–Kier alpha value is -1.42. The van der Waals surface area contributed by atoms with Gasteiger partial charge in [0, 0.05) is 30.9 Å². The standard InChI is InChI=1S/C13H16ClNO3/c1-10-8-12(15(17)18)6-5-11(10)9-13(16)4-2-3-7-14/h5-6,8H,2-4,7,9H2,1H3. The Morgan fingerprint density at radius 1 is 1.39 bits per heavy atom. The molecule has 98 valence electrons. The topological polar surface area (TPSA) is 60.2 Å². The Balaban J connectivity index is 2.62. The summed E-state index contributed by atoms with van der Waals surface area (Å²) in [5, 5.41) is 10.6. The zero-order chi connectivity index (χ0) is 13.5. The molecule has 0 saturated heterocycles. The predicted molar refractivity (Wildman–Crippen MR) is 71.1 cm³/mol. The third-order valence-electron chi connectivity index (χ3n) is 2.76. The summed E-state index contributed by atoms with van der Waals surface area (Å²) in [4.78, 5) is 21.8. The van der Waals surface area contributed by atoms with Crippen LogP contribution in [0, 0.1) is 17.0 Å². The van der Waals surface area contributed by atoms with Crippen LogP contribution in [0.4, 0.5) is 5.69 Å². The van der Waals surface area contributed by atoms with Crippen molar-refractivity contribution in [2.24, 2.45) is 0 Å². The maximum Gasteiger partial charge on any atom is 0.269 e. The first kappa shape index (κ1) is 14.6. The molecular weight excluding hydrogens is 254 g/mol. The molecule has 0 amide bonds. The fourth-order valence-corrected chi connectivity index (χ4v) is 1.90. The number of carbonyl (C=O) groups excluding carboxylic acids is 1. The summed E-state index contributed by atoms with van der Waals surface area (Å²) in [6.45, 7) is 1.79. The summed E-state index contributed by atoms with van der Waals surface area (Å²) in [5.74, 6) is 0.723. The Labute approximate surface area is 111 Å². The first-order chi connectivity index (χ1) is 8.54. The van der Waals surface area contributed by atoms with Crippen molar-refractivity contribution in [1.82, 2.24) is 0 Å². The maximum atomic E-state index is 11.7. The number of alkyl halides is 1. The number of nitro groups is 1. The Kier molecular flexibility index (Phi) is 5.78. The van der Waals surface area contributed by atoms with E-state index in [1.807, 2.05) is 0 Å². The van der Waals surface area contributed by atoms with E-state index in [1.54, 1.807) is 13.0 Å². The minimum atomic E-state index is -0.431. The van der Waals surface area contributed by atoms with Gasteiger partial charge in [-0.3, -0.25) is 14.9 Å². The van der Waals surface area contributed by atoms with E-state index in [4.69, 9.17) is 11.6 Å². The highest BCUT2D eigenvalue weighted by Crippen LogP contribution is 2.18. The van der Waals surface area contributed by atoms with Crippen molar-refractivity contribution in [2.45, 2.75) is 32.6 Å². The first-order valence-corrected chi connectivity index (χ1v) is 6.39. The highest BCUT2D eigenvalue weighted by atomic mass is 35.5. The van der Waals surface area contributed by atoms with E-state index in [-0.39, 0.29) is 11.5 Å². The number of hydrogen-bond donors (Lipinski definition) is 0. The van der Waals surface area contributed by atoms with Gasteiger partial charge in [-0.05, 0) is 30.9 Å². The van der Waals surface area contributed by atoms with E-state index in [0.29, 0.717) is 18.7 Å². The first-order valence-electron chi connectivity index (χ1n) is 5.86. The fraction of sp³-hybridized carbons (Fsp3) is 0.462. The van der Waals surface area contributed by atoms with Crippen molar-refractivity contribution in [3.8, 4) is 0 Å². The second-order valence-corrected chi connectivity index (χ2v) is 4.61. The van der Waals surface area contributed by atoms with Gasteiger partial charge in [-0.2, -0.15) is 0 Å². The number of non-ortho nitro benzene ring substituents is 1. The molecule has 1 aromatic rings. The van der Waals surface area contributed by atoms with Crippen LogP contribution in [0.1, 0.15) is 30.4 Å². The van der Waals surface area contributed by atoms with Crippen molar-refractivity contribution < 1.29 is 9.72 Å². The highest BCUT2D eigenvalue weighted by molar-refractivity contribution is 6.17. The number of halogens is 1. The average molecular weight is 270 g/mol. The molecule has 0 saturated carbocycles. The normalized spacial score (nSPS) is 10.3. The number of nitrogens with zero attached hydrogens (tertiary/aromatic N) is 1. The lowest BCUT2D eigenvalue weighted by molar-refractivity contribution is -0.384. The van der Waals surface area contributed by atoms with Gasteiger partial charge in [0.05, 0.1) is 4.92 Å². The predicted octanol–water partition coefficient (Wildman–Crippen LogP) is 3.42. The van der Waals surface area contributed by atoms with Crippen LogP contribution in [0.2, 0.25) is 0 Å². The van der Waals surface area contributed by atoms with Gasteiger partial charge in [0.1, 0.15) is 5.78 Å². The van der Waals surface area contributed by atoms with Crippen LogP contribution >= 0.6 is 11.6 Å². The number of Topliss-reactive ketones (excluding diaryl/α,β-unsaturated/α-hetero) is 1. The molecule has 1 rings (SSSR count). The molecule has 0 spiro atoms. The molecule has 0 bridgehead atoms. The molecule has 4 nitrogen and oxygen atoms in total. The van der Waals surface area contributed by atoms with Gasteiger partial charge in [-0.1, -0.05) is 6.07 Å². The number of unbranched alkanes of at least 4 members (excludes halogenated alkanes) is 1. The lowest BCUT2D eigenvalue weighted by atomic mass is 10.0. The summed E-state index contributed by atoms with van der Waals surface area (Å²) < 4.78 is 0. The van der Waals surface area contributed by atoms with Crippen LogP contribution in [-0.4, -0.2) is 16.6 Å². The van der Waals surface area contributed by atoms with Gasteiger partial charge in [0.25, 0.3) is 5.69 Å². The number of rotatable bonds is 7. The van der Waals surface area contributed by atoms with E-state index < -0.39 is 4.92 Å². The smallest absolute Gasteiger partial charge is 0.269 e. The third kappa shape index (κ3) is 4.45. The average Bonchev–Trinajstić information content (AvgIpc) is 2.32. The Morgan fingerprint density at radius 2 is 2.11 bits per heavy atom. The van der Waals surface area contributed by atoms with Crippen LogP contribution in [0.3, 0.4) is 0 Å². The molecule has 1 aromatic carbocycles. The Bertz CT molecular complexity index is 446. The number of aryl methyl sites for hydroxylation is 1. The number of nitro benzene ring substituents is 1.